The Hall–Kier alpha value is -1.86. The zero-order valence-corrected chi connectivity index (χ0v) is 11.6. The van der Waals surface area contributed by atoms with Gasteiger partial charge in [0.2, 0.25) is 0 Å². The van der Waals surface area contributed by atoms with Gasteiger partial charge in [-0.25, -0.2) is 15.0 Å². The highest BCUT2D eigenvalue weighted by Crippen LogP contribution is 2.35. The Kier molecular flexibility index (Phi) is 3.46. The number of aryl methyl sites for hydroxylation is 1. The highest BCUT2D eigenvalue weighted by Gasteiger charge is 2.41. The molecule has 0 unspecified atom stereocenters. The van der Waals surface area contributed by atoms with Crippen molar-refractivity contribution in [1.82, 2.24) is 19.5 Å². The molecule has 3 rings (SSSR count). The third-order valence-corrected chi connectivity index (χ3v) is 3.98. The molecule has 8 heteroatoms. The van der Waals surface area contributed by atoms with Crippen molar-refractivity contribution in [2.45, 2.75) is 32.5 Å². The van der Waals surface area contributed by atoms with Crippen molar-refractivity contribution >= 4 is 17.0 Å². The third kappa shape index (κ3) is 2.54. The number of hydrogen-bond donors (Lipinski definition) is 0. The summed E-state index contributed by atoms with van der Waals surface area (Å²) >= 11 is 0. The summed E-state index contributed by atoms with van der Waals surface area (Å²) in [5.74, 6) is -0.577. The number of halogens is 3. The molecule has 0 N–H and O–H groups in total. The van der Waals surface area contributed by atoms with E-state index < -0.39 is 12.1 Å². The molecule has 114 valence electrons. The lowest BCUT2D eigenvalue weighted by atomic mass is 9.96. The fourth-order valence-corrected chi connectivity index (χ4v) is 2.75. The summed E-state index contributed by atoms with van der Waals surface area (Å²) in [6, 6.07) is 0. The van der Waals surface area contributed by atoms with E-state index in [-0.39, 0.29) is 12.8 Å². The Morgan fingerprint density at radius 1 is 1.19 bits per heavy atom. The predicted octanol–water partition coefficient (Wildman–Crippen LogP) is 2.62. The van der Waals surface area contributed by atoms with E-state index in [0.29, 0.717) is 24.4 Å². The molecule has 2 aromatic heterocycles. The lowest BCUT2D eigenvalue weighted by Gasteiger charge is -2.33. The largest absolute Gasteiger partial charge is 0.391 e. The van der Waals surface area contributed by atoms with E-state index in [1.165, 1.54) is 6.33 Å². The smallest absolute Gasteiger partial charge is 0.355 e. The van der Waals surface area contributed by atoms with Gasteiger partial charge in [-0.2, -0.15) is 13.2 Å². The number of alkyl halides is 3. The molecule has 1 saturated heterocycles. The Labute approximate surface area is 119 Å². The van der Waals surface area contributed by atoms with Crippen LogP contribution in [0.25, 0.3) is 11.2 Å². The molecule has 0 aromatic carbocycles. The van der Waals surface area contributed by atoms with Crippen LogP contribution in [0.4, 0.5) is 19.0 Å². The van der Waals surface area contributed by atoms with E-state index in [9.17, 15) is 13.2 Å². The van der Waals surface area contributed by atoms with Crippen LogP contribution in [0.5, 0.6) is 0 Å². The van der Waals surface area contributed by atoms with Crippen LogP contribution in [0.1, 0.15) is 19.8 Å². The first-order valence-electron chi connectivity index (χ1n) is 6.98. The second-order valence-electron chi connectivity index (χ2n) is 5.20. The van der Waals surface area contributed by atoms with Crippen molar-refractivity contribution in [2.24, 2.45) is 5.92 Å². The second kappa shape index (κ2) is 5.16. The first-order chi connectivity index (χ1) is 10.0. The van der Waals surface area contributed by atoms with E-state index in [2.05, 4.69) is 15.0 Å². The molecular weight excluding hydrogens is 283 g/mol. The van der Waals surface area contributed by atoms with E-state index in [4.69, 9.17) is 0 Å². The molecule has 0 saturated carbocycles. The number of piperidine rings is 1. The molecule has 0 aliphatic carbocycles. The summed E-state index contributed by atoms with van der Waals surface area (Å²) in [5.41, 5.74) is 1.38. The van der Waals surface area contributed by atoms with Crippen LogP contribution < -0.4 is 4.90 Å². The first-order valence-corrected chi connectivity index (χ1v) is 6.98. The first kappa shape index (κ1) is 14.1. The highest BCUT2D eigenvalue weighted by molar-refractivity contribution is 5.83. The topological polar surface area (TPSA) is 46.8 Å². The zero-order chi connectivity index (χ0) is 15.0. The van der Waals surface area contributed by atoms with Gasteiger partial charge in [0.15, 0.2) is 17.0 Å². The average molecular weight is 299 g/mol. The van der Waals surface area contributed by atoms with Crippen LogP contribution in [0.3, 0.4) is 0 Å². The van der Waals surface area contributed by atoms with Crippen molar-refractivity contribution in [3.63, 3.8) is 0 Å². The number of rotatable bonds is 2. The number of imidazole rings is 1. The van der Waals surface area contributed by atoms with Crippen molar-refractivity contribution in [3.05, 3.63) is 12.7 Å². The maximum atomic E-state index is 12.7. The van der Waals surface area contributed by atoms with Crippen molar-refractivity contribution in [2.75, 3.05) is 18.0 Å². The van der Waals surface area contributed by atoms with Crippen molar-refractivity contribution in [1.29, 1.82) is 0 Å². The molecule has 5 nitrogen and oxygen atoms in total. The minimum Gasteiger partial charge on any atom is -0.355 e. The van der Waals surface area contributed by atoms with Gasteiger partial charge in [-0.05, 0) is 19.8 Å². The van der Waals surface area contributed by atoms with Gasteiger partial charge in [0.05, 0.1) is 12.2 Å². The monoisotopic (exact) mass is 299 g/mol. The molecule has 1 aliphatic heterocycles. The van der Waals surface area contributed by atoms with E-state index in [1.54, 1.807) is 6.33 Å². The molecule has 21 heavy (non-hydrogen) atoms. The fraction of sp³-hybridized carbons (Fsp3) is 0.615. The Morgan fingerprint density at radius 2 is 1.90 bits per heavy atom. The molecule has 0 bridgehead atoms. The molecule has 0 spiro atoms. The summed E-state index contributed by atoms with van der Waals surface area (Å²) in [5, 5.41) is 0. The number of anilines is 1. The minimum atomic E-state index is -4.10. The fourth-order valence-electron chi connectivity index (χ4n) is 2.75. The van der Waals surface area contributed by atoms with Crippen molar-refractivity contribution in [3.8, 4) is 0 Å². The van der Waals surface area contributed by atoms with Gasteiger partial charge < -0.3 is 9.47 Å². The Morgan fingerprint density at radius 3 is 2.52 bits per heavy atom. The maximum absolute atomic E-state index is 12.7. The van der Waals surface area contributed by atoms with Crippen LogP contribution in [-0.4, -0.2) is 38.8 Å². The van der Waals surface area contributed by atoms with Crippen LogP contribution in [-0.2, 0) is 6.54 Å². The predicted molar refractivity (Wildman–Crippen MR) is 72.0 cm³/mol. The second-order valence-corrected chi connectivity index (χ2v) is 5.20. The molecule has 0 radical (unpaired) electrons. The van der Waals surface area contributed by atoms with Gasteiger partial charge in [-0.15, -0.1) is 0 Å². The van der Waals surface area contributed by atoms with Crippen molar-refractivity contribution < 1.29 is 13.2 Å². The lowest BCUT2D eigenvalue weighted by Crippen LogP contribution is -2.39. The van der Waals surface area contributed by atoms with Crippen LogP contribution >= 0.6 is 0 Å². The molecule has 2 aromatic rings. The zero-order valence-electron chi connectivity index (χ0n) is 11.6. The van der Waals surface area contributed by atoms with Crippen LogP contribution in [0.15, 0.2) is 12.7 Å². The lowest BCUT2D eigenvalue weighted by molar-refractivity contribution is -0.179. The van der Waals surface area contributed by atoms with E-state index >= 15 is 0 Å². The Balaban J connectivity index is 1.84. The molecule has 0 atom stereocenters. The van der Waals surface area contributed by atoms with Gasteiger partial charge in [-0.1, -0.05) is 0 Å². The number of nitrogens with zero attached hydrogens (tertiary/aromatic N) is 5. The molecule has 1 aliphatic rings. The maximum Gasteiger partial charge on any atom is 0.391 e. The highest BCUT2D eigenvalue weighted by atomic mass is 19.4. The molecule has 0 amide bonds. The number of fused-ring (bicyclic) bond motifs is 1. The summed E-state index contributed by atoms with van der Waals surface area (Å²) in [6.07, 6.45) is -0.767. The van der Waals surface area contributed by atoms with Gasteiger partial charge >= 0.3 is 6.18 Å². The average Bonchev–Trinajstić information content (AvgIpc) is 2.89. The SMILES string of the molecule is CCn1cnc2c(N3CCC(C(F)(F)F)CC3)ncnc21. The minimum absolute atomic E-state index is 0.101. The summed E-state index contributed by atoms with van der Waals surface area (Å²) in [4.78, 5) is 14.6. The standard InChI is InChI=1S/C13H16F3N5/c1-2-20-8-19-10-11(20)17-7-18-12(10)21-5-3-9(4-6-21)13(14,15)16/h7-9H,2-6H2,1H3. The van der Waals surface area contributed by atoms with Gasteiger partial charge in [-0.3, -0.25) is 0 Å². The third-order valence-electron chi connectivity index (χ3n) is 3.98. The quantitative estimate of drug-likeness (QED) is 0.855. The Bertz CT molecular complexity index is 628. The molecule has 1 fully saturated rings. The van der Waals surface area contributed by atoms with Crippen LogP contribution in [0, 0.1) is 5.92 Å². The molecule has 3 heterocycles. The molecular formula is C13H16F3N5. The van der Waals surface area contributed by atoms with Crippen LogP contribution in [0.2, 0.25) is 0 Å². The summed E-state index contributed by atoms with van der Waals surface area (Å²) in [6.45, 7) is 3.41. The van der Waals surface area contributed by atoms with Gasteiger partial charge in [0.1, 0.15) is 6.33 Å². The summed E-state index contributed by atoms with van der Waals surface area (Å²) < 4.78 is 40.0. The van der Waals surface area contributed by atoms with E-state index in [1.807, 2.05) is 16.4 Å². The normalized spacial score (nSPS) is 17.6. The number of aromatic nitrogens is 4. The van der Waals surface area contributed by atoms with E-state index in [0.717, 1.165) is 12.2 Å². The van der Waals surface area contributed by atoms with Gasteiger partial charge in [0.25, 0.3) is 0 Å². The number of hydrogen-bond acceptors (Lipinski definition) is 4. The van der Waals surface area contributed by atoms with Gasteiger partial charge in [0, 0.05) is 19.6 Å². The summed E-state index contributed by atoms with van der Waals surface area (Å²) in [7, 11) is 0.